The molecule has 114 valence electrons. The van der Waals surface area contributed by atoms with Gasteiger partial charge in [0.1, 0.15) is 0 Å². The van der Waals surface area contributed by atoms with Gasteiger partial charge in [-0.15, -0.1) is 12.4 Å². The standard InChI is InChI=1S/C14H22N2O2S.ClH/c1-12-4-3-5-13(10-12)11-19(17,18)16(2)14-6-8-15-9-7-14;/h3-5,10,14-15H,6-9,11H2,1-2H3;1H. The molecule has 1 saturated heterocycles. The van der Waals surface area contributed by atoms with Gasteiger partial charge in [0.2, 0.25) is 10.0 Å². The normalized spacial score (nSPS) is 16.9. The van der Waals surface area contributed by atoms with Gasteiger partial charge in [0, 0.05) is 13.1 Å². The van der Waals surface area contributed by atoms with Crippen molar-refractivity contribution in [2.75, 3.05) is 20.1 Å². The lowest BCUT2D eigenvalue weighted by molar-refractivity contribution is 0.296. The van der Waals surface area contributed by atoms with Gasteiger partial charge >= 0.3 is 0 Å². The Bertz CT molecular complexity index is 528. The molecular formula is C14H23ClN2O2S. The van der Waals surface area contributed by atoms with Gasteiger partial charge in [-0.25, -0.2) is 12.7 Å². The Balaban J connectivity index is 0.00000200. The fourth-order valence-electron chi connectivity index (χ4n) is 2.51. The molecule has 4 nitrogen and oxygen atoms in total. The van der Waals surface area contributed by atoms with E-state index in [9.17, 15) is 8.42 Å². The number of rotatable bonds is 4. The van der Waals surface area contributed by atoms with Crippen LogP contribution in [0.15, 0.2) is 24.3 Å². The van der Waals surface area contributed by atoms with E-state index >= 15 is 0 Å². The average molecular weight is 319 g/mol. The molecule has 1 fully saturated rings. The molecule has 1 aliphatic heterocycles. The molecule has 20 heavy (non-hydrogen) atoms. The molecule has 0 aromatic heterocycles. The van der Waals surface area contributed by atoms with Crippen LogP contribution in [0.5, 0.6) is 0 Å². The molecule has 0 saturated carbocycles. The number of benzene rings is 1. The second kappa shape index (κ2) is 7.41. The molecule has 0 radical (unpaired) electrons. The summed E-state index contributed by atoms with van der Waals surface area (Å²) in [5.41, 5.74) is 1.96. The maximum absolute atomic E-state index is 12.4. The molecule has 0 bridgehead atoms. The Labute approximate surface area is 128 Å². The van der Waals surface area contributed by atoms with E-state index in [4.69, 9.17) is 0 Å². The number of sulfonamides is 1. The summed E-state index contributed by atoms with van der Waals surface area (Å²) in [4.78, 5) is 0. The highest BCUT2D eigenvalue weighted by Gasteiger charge is 2.27. The van der Waals surface area contributed by atoms with E-state index in [2.05, 4.69) is 5.32 Å². The van der Waals surface area contributed by atoms with Crippen molar-refractivity contribution in [1.82, 2.24) is 9.62 Å². The minimum Gasteiger partial charge on any atom is -0.317 e. The fourth-order valence-corrected chi connectivity index (χ4v) is 3.98. The number of hydrogen-bond acceptors (Lipinski definition) is 3. The predicted molar refractivity (Wildman–Crippen MR) is 84.7 cm³/mol. The average Bonchev–Trinajstić information content (AvgIpc) is 2.38. The third-order valence-electron chi connectivity index (χ3n) is 3.69. The zero-order valence-electron chi connectivity index (χ0n) is 12.0. The monoisotopic (exact) mass is 318 g/mol. The van der Waals surface area contributed by atoms with Gasteiger partial charge in [0.25, 0.3) is 0 Å². The topological polar surface area (TPSA) is 49.4 Å². The van der Waals surface area contributed by atoms with Gasteiger partial charge in [0.15, 0.2) is 0 Å². The molecule has 1 aromatic rings. The third-order valence-corrected chi connectivity index (χ3v) is 5.57. The highest BCUT2D eigenvalue weighted by atomic mass is 35.5. The van der Waals surface area contributed by atoms with Crippen LogP contribution in [-0.4, -0.2) is 38.9 Å². The van der Waals surface area contributed by atoms with Crippen LogP contribution >= 0.6 is 12.4 Å². The number of aryl methyl sites for hydroxylation is 1. The lowest BCUT2D eigenvalue weighted by Gasteiger charge is -2.30. The molecule has 0 amide bonds. The Morgan fingerprint density at radius 2 is 1.95 bits per heavy atom. The molecule has 1 aliphatic rings. The lowest BCUT2D eigenvalue weighted by atomic mass is 10.1. The molecule has 0 spiro atoms. The number of nitrogens with zero attached hydrogens (tertiary/aromatic N) is 1. The first kappa shape index (κ1) is 17.4. The van der Waals surface area contributed by atoms with Crippen molar-refractivity contribution >= 4 is 22.4 Å². The first-order valence-electron chi connectivity index (χ1n) is 6.71. The summed E-state index contributed by atoms with van der Waals surface area (Å²) in [6, 6.07) is 7.84. The maximum Gasteiger partial charge on any atom is 0.218 e. The summed E-state index contributed by atoms with van der Waals surface area (Å²) in [6.07, 6.45) is 1.78. The Morgan fingerprint density at radius 1 is 1.30 bits per heavy atom. The maximum atomic E-state index is 12.4. The van der Waals surface area contributed by atoms with Gasteiger partial charge in [-0.3, -0.25) is 0 Å². The Kier molecular flexibility index (Phi) is 6.45. The van der Waals surface area contributed by atoms with Crippen molar-refractivity contribution in [3.8, 4) is 0 Å². The smallest absolute Gasteiger partial charge is 0.218 e. The van der Waals surface area contributed by atoms with Crippen LogP contribution in [-0.2, 0) is 15.8 Å². The quantitative estimate of drug-likeness (QED) is 0.923. The van der Waals surface area contributed by atoms with Crippen LogP contribution in [0, 0.1) is 6.92 Å². The highest BCUT2D eigenvalue weighted by Crippen LogP contribution is 2.18. The van der Waals surface area contributed by atoms with Gasteiger partial charge in [-0.05, 0) is 38.4 Å². The van der Waals surface area contributed by atoms with Crippen LogP contribution in [0.2, 0.25) is 0 Å². The third kappa shape index (κ3) is 4.45. The van der Waals surface area contributed by atoms with Gasteiger partial charge in [-0.2, -0.15) is 0 Å². The first-order chi connectivity index (χ1) is 8.99. The van der Waals surface area contributed by atoms with E-state index in [-0.39, 0.29) is 24.2 Å². The zero-order chi connectivity index (χ0) is 13.9. The van der Waals surface area contributed by atoms with Crippen LogP contribution in [0.1, 0.15) is 24.0 Å². The van der Waals surface area contributed by atoms with Gasteiger partial charge < -0.3 is 5.32 Å². The minimum absolute atomic E-state index is 0. The Morgan fingerprint density at radius 3 is 2.55 bits per heavy atom. The molecule has 1 heterocycles. The Hall–Kier alpha value is -0.620. The minimum atomic E-state index is -3.22. The summed E-state index contributed by atoms with van der Waals surface area (Å²) in [7, 11) is -1.51. The molecule has 0 unspecified atom stereocenters. The molecule has 6 heteroatoms. The molecule has 0 aliphatic carbocycles. The zero-order valence-corrected chi connectivity index (χ0v) is 13.6. The van der Waals surface area contributed by atoms with Gasteiger partial charge in [-0.1, -0.05) is 29.8 Å². The van der Waals surface area contributed by atoms with Crippen molar-refractivity contribution in [3.63, 3.8) is 0 Å². The van der Waals surface area contributed by atoms with E-state index in [1.54, 1.807) is 11.4 Å². The van der Waals surface area contributed by atoms with E-state index in [1.165, 1.54) is 0 Å². The largest absolute Gasteiger partial charge is 0.317 e. The molecule has 2 rings (SSSR count). The second-order valence-corrected chi connectivity index (χ2v) is 7.27. The SMILES string of the molecule is Cc1cccc(CS(=O)(=O)N(C)C2CCNCC2)c1.Cl. The van der Waals surface area contributed by atoms with E-state index in [0.717, 1.165) is 37.1 Å². The summed E-state index contributed by atoms with van der Waals surface area (Å²) in [5, 5.41) is 3.26. The van der Waals surface area contributed by atoms with Crippen LogP contribution in [0.3, 0.4) is 0 Å². The van der Waals surface area contributed by atoms with E-state index in [0.29, 0.717) is 0 Å². The molecule has 0 atom stereocenters. The van der Waals surface area contributed by atoms with Crippen LogP contribution in [0.25, 0.3) is 0 Å². The second-order valence-electron chi connectivity index (χ2n) is 5.24. The van der Waals surface area contributed by atoms with Crippen molar-refractivity contribution in [1.29, 1.82) is 0 Å². The predicted octanol–water partition coefficient (Wildman–Crippen LogP) is 1.93. The van der Waals surface area contributed by atoms with Crippen molar-refractivity contribution in [2.24, 2.45) is 0 Å². The number of nitrogens with one attached hydrogen (secondary N) is 1. The lowest BCUT2D eigenvalue weighted by Crippen LogP contribution is -2.44. The summed E-state index contributed by atoms with van der Waals surface area (Å²) >= 11 is 0. The van der Waals surface area contributed by atoms with Crippen molar-refractivity contribution in [3.05, 3.63) is 35.4 Å². The van der Waals surface area contributed by atoms with Crippen LogP contribution in [0.4, 0.5) is 0 Å². The number of hydrogen-bond donors (Lipinski definition) is 1. The summed E-state index contributed by atoms with van der Waals surface area (Å²) in [5.74, 6) is 0.0924. The van der Waals surface area contributed by atoms with Gasteiger partial charge in [0.05, 0.1) is 5.75 Å². The fraction of sp³-hybridized carbons (Fsp3) is 0.571. The molecule has 1 aromatic carbocycles. The van der Waals surface area contributed by atoms with Crippen LogP contribution < -0.4 is 5.32 Å². The van der Waals surface area contributed by atoms with Crippen molar-refractivity contribution < 1.29 is 8.42 Å². The van der Waals surface area contributed by atoms with E-state index < -0.39 is 10.0 Å². The number of halogens is 1. The van der Waals surface area contributed by atoms with E-state index in [1.807, 2.05) is 31.2 Å². The molecular weight excluding hydrogens is 296 g/mol. The number of piperidine rings is 1. The summed E-state index contributed by atoms with van der Waals surface area (Å²) in [6.45, 7) is 3.77. The highest BCUT2D eigenvalue weighted by molar-refractivity contribution is 7.88. The van der Waals surface area contributed by atoms with Crippen molar-refractivity contribution in [2.45, 2.75) is 31.6 Å². The molecule has 1 N–H and O–H groups in total. The first-order valence-corrected chi connectivity index (χ1v) is 8.32. The summed E-state index contributed by atoms with van der Waals surface area (Å²) < 4.78 is 26.4.